The lowest BCUT2D eigenvalue weighted by Gasteiger charge is -2.13. The van der Waals surface area contributed by atoms with Crippen molar-refractivity contribution in [2.75, 3.05) is 11.9 Å². The predicted molar refractivity (Wildman–Crippen MR) is 68.0 cm³/mol. The van der Waals surface area contributed by atoms with Gasteiger partial charge in [-0.25, -0.2) is 14.8 Å². The van der Waals surface area contributed by atoms with E-state index in [4.69, 9.17) is 5.11 Å². The van der Waals surface area contributed by atoms with Crippen molar-refractivity contribution in [3.63, 3.8) is 0 Å². The van der Waals surface area contributed by atoms with Crippen LogP contribution >= 0.6 is 22.7 Å². The van der Waals surface area contributed by atoms with Crippen molar-refractivity contribution in [3.8, 4) is 0 Å². The number of aromatic nitrogens is 2. The average Bonchev–Trinajstić information content (AvgIpc) is 2.86. The van der Waals surface area contributed by atoms with Gasteiger partial charge in [0.2, 0.25) is 0 Å². The molecule has 0 aromatic carbocycles. The lowest BCUT2D eigenvalue weighted by Crippen LogP contribution is -2.16. The average molecular weight is 269 g/mol. The van der Waals surface area contributed by atoms with Gasteiger partial charge in [-0.2, -0.15) is 0 Å². The van der Waals surface area contributed by atoms with Gasteiger partial charge in [0.25, 0.3) is 0 Å². The molecule has 1 N–H and O–H groups in total. The molecule has 2 aromatic heterocycles. The summed E-state index contributed by atoms with van der Waals surface area (Å²) in [5, 5.41) is 14.0. The molecule has 0 saturated carbocycles. The van der Waals surface area contributed by atoms with Crippen molar-refractivity contribution in [2.24, 2.45) is 0 Å². The monoisotopic (exact) mass is 269 g/mol. The second-order valence-corrected chi connectivity index (χ2v) is 5.43. The molecule has 2 aromatic rings. The number of nitrogens with zero attached hydrogens (tertiary/aromatic N) is 3. The summed E-state index contributed by atoms with van der Waals surface area (Å²) in [7, 11) is 1.87. The van der Waals surface area contributed by atoms with Crippen LogP contribution in [0.15, 0.2) is 10.8 Å². The Bertz CT molecular complexity index is 535. The Balaban J connectivity index is 2.08. The fourth-order valence-electron chi connectivity index (χ4n) is 1.33. The van der Waals surface area contributed by atoms with E-state index in [9.17, 15) is 4.79 Å². The van der Waals surface area contributed by atoms with Crippen LogP contribution in [-0.4, -0.2) is 28.1 Å². The lowest BCUT2D eigenvalue weighted by atomic mass is 10.4. The number of carboxylic acid groups (broad SMARTS) is 1. The van der Waals surface area contributed by atoms with Crippen LogP contribution in [0.1, 0.15) is 21.2 Å². The topological polar surface area (TPSA) is 66.3 Å². The molecule has 2 heterocycles. The number of carbonyl (C=O) groups is 1. The summed E-state index contributed by atoms with van der Waals surface area (Å²) in [6, 6.07) is 0. The highest BCUT2D eigenvalue weighted by Gasteiger charge is 2.12. The van der Waals surface area contributed by atoms with E-state index in [2.05, 4.69) is 9.97 Å². The first kappa shape index (κ1) is 12.0. The van der Waals surface area contributed by atoms with Crippen molar-refractivity contribution in [1.29, 1.82) is 0 Å². The van der Waals surface area contributed by atoms with Crippen molar-refractivity contribution >= 4 is 33.8 Å². The molecule has 0 unspecified atom stereocenters. The quantitative estimate of drug-likeness (QED) is 0.922. The smallest absolute Gasteiger partial charge is 0.355 e. The van der Waals surface area contributed by atoms with Gasteiger partial charge in [-0.3, -0.25) is 0 Å². The maximum atomic E-state index is 10.7. The number of carboxylic acids is 1. The Labute approximate surface area is 106 Å². The predicted octanol–water partition coefficient (Wildman–Crippen LogP) is 2.24. The van der Waals surface area contributed by atoms with Gasteiger partial charge in [0.1, 0.15) is 0 Å². The van der Waals surface area contributed by atoms with Crippen LogP contribution < -0.4 is 4.90 Å². The van der Waals surface area contributed by atoms with Gasteiger partial charge in [-0.15, -0.1) is 22.7 Å². The maximum absolute atomic E-state index is 10.7. The van der Waals surface area contributed by atoms with Gasteiger partial charge < -0.3 is 10.0 Å². The van der Waals surface area contributed by atoms with E-state index in [-0.39, 0.29) is 5.69 Å². The SMILES string of the molecule is Cc1nc(CN(C)c2nc(C(=O)O)cs2)cs1. The second-order valence-electron chi connectivity index (χ2n) is 3.53. The first-order valence-corrected chi connectivity index (χ1v) is 6.63. The zero-order chi connectivity index (χ0) is 12.4. The molecule has 0 aliphatic rings. The van der Waals surface area contributed by atoms with Gasteiger partial charge in [0, 0.05) is 17.8 Å². The minimum absolute atomic E-state index is 0.0892. The highest BCUT2D eigenvalue weighted by molar-refractivity contribution is 7.13. The standard InChI is InChI=1S/C10H11N3O2S2/c1-6-11-7(4-16-6)3-13(2)10-12-8(5-17-10)9(14)15/h4-5H,3H2,1-2H3,(H,14,15). The molecule has 17 heavy (non-hydrogen) atoms. The molecule has 7 heteroatoms. The summed E-state index contributed by atoms with van der Waals surface area (Å²) in [4.78, 5) is 21.0. The van der Waals surface area contributed by atoms with Crippen molar-refractivity contribution < 1.29 is 9.90 Å². The van der Waals surface area contributed by atoms with Crippen LogP contribution in [0.2, 0.25) is 0 Å². The third-order valence-corrected chi connectivity index (χ3v) is 3.88. The molecule has 0 saturated heterocycles. The number of thiazole rings is 2. The van der Waals surface area contributed by atoms with E-state index in [1.165, 1.54) is 11.3 Å². The lowest BCUT2D eigenvalue weighted by molar-refractivity contribution is 0.0691. The third kappa shape index (κ3) is 2.80. The van der Waals surface area contributed by atoms with Crippen LogP contribution in [0.3, 0.4) is 0 Å². The van der Waals surface area contributed by atoms with E-state index in [0.717, 1.165) is 10.7 Å². The first-order valence-electron chi connectivity index (χ1n) is 4.87. The van der Waals surface area contributed by atoms with Crippen LogP contribution in [0.4, 0.5) is 5.13 Å². The molecular formula is C10H11N3O2S2. The van der Waals surface area contributed by atoms with E-state index in [0.29, 0.717) is 11.7 Å². The van der Waals surface area contributed by atoms with Gasteiger partial charge in [-0.05, 0) is 6.92 Å². The fraction of sp³-hybridized carbons (Fsp3) is 0.300. The largest absolute Gasteiger partial charge is 0.476 e. The second kappa shape index (κ2) is 4.80. The summed E-state index contributed by atoms with van der Waals surface area (Å²) in [6.45, 7) is 2.59. The molecule has 0 spiro atoms. The zero-order valence-corrected chi connectivity index (χ0v) is 11.0. The van der Waals surface area contributed by atoms with Crippen molar-refractivity contribution in [2.45, 2.75) is 13.5 Å². The van der Waals surface area contributed by atoms with Crippen LogP contribution in [0.5, 0.6) is 0 Å². The molecule has 0 fully saturated rings. The van der Waals surface area contributed by atoms with Gasteiger partial charge in [0.15, 0.2) is 10.8 Å². The summed E-state index contributed by atoms with van der Waals surface area (Å²) in [5.74, 6) is -0.995. The summed E-state index contributed by atoms with van der Waals surface area (Å²) < 4.78 is 0. The normalized spacial score (nSPS) is 10.5. The minimum Gasteiger partial charge on any atom is -0.476 e. The van der Waals surface area contributed by atoms with E-state index < -0.39 is 5.97 Å². The number of rotatable bonds is 4. The Morgan fingerprint density at radius 1 is 1.41 bits per heavy atom. The van der Waals surface area contributed by atoms with Crippen molar-refractivity contribution in [3.05, 3.63) is 27.2 Å². The van der Waals surface area contributed by atoms with Crippen molar-refractivity contribution in [1.82, 2.24) is 9.97 Å². The maximum Gasteiger partial charge on any atom is 0.355 e. The van der Waals surface area contributed by atoms with Gasteiger partial charge in [-0.1, -0.05) is 0 Å². The number of anilines is 1. The summed E-state index contributed by atoms with van der Waals surface area (Å²) in [6.07, 6.45) is 0. The molecular weight excluding hydrogens is 258 g/mol. The molecule has 2 rings (SSSR count). The van der Waals surface area contributed by atoms with Gasteiger partial charge in [0.05, 0.1) is 17.2 Å². The highest BCUT2D eigenvalue weighted by Crippen LogP contribution is 2.21. The fourth-order valence-corrected chi connectivity index (χ4v) is 2.70. The number of hydrogen-bond donors (Lipinski definition) is 1. The number of aromatic carboxylic acids is 1. The minimum atomic E-state index is -0.995. The van der Waals surface area contributed by atoms with Crippen LogP contribution in [0.25, 0.3) is 0 Å². The first-order chi connectivity index (χ1) is 8.06. The number of hydrogen-bond acceptors (Lipinski definition) is 6. The molecule has 5 nitrogen and oxygen atoms in total. The van der Waals surface area contributed by atoms with E-state index in [1.54, 1.807) is 16.7 Å². The summed E-state index contributed by atoms with van der Waals surface area (Å²) in [5.41, 5.74) is 1.06. The Kier molecular flexibility index (Phi) is 3.39. The molecule has 0 radical (unpaired) electrons. The molecule has 0 aliphatic heterocycles. The van der Waals surface area contributed by atoms with Crippen LogP contribution in [-0.2, 0) is 6.54 Å². The molecule has 0 aliphatic carbocycles. The van der Waals surface area contributed by atoms with E-state index in [1.807, 2.05) is 24.3 Å². The molecule has 0 bridgehead atoms. The number of aryl methyl sites for hydroxylation is 1. The molecule has 0 atom stereocenters. The Morgan fingerprint density at radius 3 is 2.71 bits per heavy atom. The molecule has 0 amide bonds. The Morgan fingerprint density at radius 2 is 2.18 bits per heavy atom. The van der Waals surface area contributed by atoms with Crippen LogP contribution in [0, 0.1) is 6.92 Å². The van der Waals surface area contributed by atoms with Gasteiger partial charge >= 0.3 is 5.97 Å². The van der Waals surface area contributed by atoms with E-state index >= 15 is 0 Å². The summed E-state index contributed by atoms with van der Waals surface area (Å²) >= 11 is 2.92. The third-order valence-electron chi connectivity index (χ3n) is 2.10. The highest BCUT2D eigenvalue weighted by atomic mass is 32.1. The zero-order valence-electron chi connectivity index (χ0n) is 9.38. The Hall–Kier alpha value is -1.47. The molecule has 90 valence electrons.